The molecule has 0 aliphatic carbocycles. The van der Waals surface area contributed by atoms with Gasteiger partial charge in [0.25, 0.3) is 0 Å². The molecule has 1 aromatic heterocycles. The van der Waals surface area contributed by atoms with Crippen LogP contribution in [0.3, 0.4) is 0 Å². The fraction of sp³-hybridized carbons (Fsp3) is 0.750. The lowest BCUT2D eigenvalue weighted by Gasteiger charge is -2.33. The first-order valence-electron chi connectivity index (χ1n) is 4.69. The van der Waals surface area contributed by atoms with Gasteiger partial charge in [-0.25, -0.2) is 0 Å². The minimum atomic E-state index is 0.543. The molecule has 0 saturated carbocycles. The first-order valence-corrected chi connectivity index (χ1v) is 5.84. The van der Waals surface area contributed by atoms with E-state index in [9.17, 15) is 0 Å². The van der Waals surface area contributed by atoms with Gasteiger partial charge < -0.3 is 5.32 Å². The third-order valence-electron chi connectivity index (χ3n) is 2.50. The van der Waals surface area contributed by atoms with E-state index in [0.29, 0.717) is 6.04 Å². The van der Waals surface area contributed by atoms with Crippen molar-refractivity contribution in [3.05, 3.63) is 10.0 Å². The predicted octanol–water partition coefficient (Wildman–Crippen LogP) is 0.985. The maximum atomic E-state index is 5.96. The Bertz CT molecular complexity index is 303. The zero-order valence-electron chi connectivity index (χ0n) is 8.03. The van der Waals surface area contributed by atoms with Gasteiger partial charge in [0.1, 0.15) is 10.0 Å². The van der Waals surface area contributed by atoms with Crippen molar-refractivity contribution in [2.75, 3.05) is 19.6 Å². The number of hydrogen-bond donors (Lipinski definition) is 1. The zero-order chi connectivity index (χ0) is 9.97. The van der Waals surface area contributed by atoms with Crippen LogP contribution >= 0.6 is 23.1 Å². The molecule has 0 bridgehead atoms. The maximum Gasteiger partial charge on any atom is 0.138 e. The van der Waals surface area contributed by atoms with E-state index in [1.807, 2.05) is 0 Å². The fourth-order valence-corrected chi connectivity index (χ4v) is 2.21. The first kappa shape index (κ1) is 10.3. The average Bonchev–Trinajstić information content (AvgIpc) is 2.56. The van der Waals surface area contributed by atoms with Crippen LogP contribution in [-0.4, -0.2) is 40.2 Å². The highest BCUT2D eigenvalue weighted by Crippen LogP contribution is 2.19. The van der Waals surface area contributed by atoms with Crippen LogP contribution in [0.25, 0.3) is 0 Å². The van der Waals surface area contributed by atoms with Crippen LogP contribution in [-0.2, 0) is 6.54 Å². The van der Waals surface area contributed by atoms with E-state index >= 15 is 0 Å². The van der Waals surface area contributed by atoms with E-state index in [-0.39, 0.29) is 0 Å². The minimum absolute atomic E-state index is 0.543. The standard InChI is InChI=1S/C8H13ClN4S/c1-6-4-10-2-3-13(6)5-7-8(9)14-12-11-7/h6,10H,2-5H2,1H3/t6-/m0/s1. The quantitative estimate of drug-likeness (QED) is 0.826. The molecule has 0 amide bonds. The number of halogens is 1. The van der Waals surface area contributed by atoms with E-state index < -0.39 is 0 Å². The van der Waals surface area contributed by atoms with Crippen LogP contribution in [0, 0.1) is 0 Å². The summed E-state index contributed by atoms with van der Waals surface area (Å²) in [6, 6.07) is 0.543. The molecule has 1 fully saturated rings. The van der Waals surface area contributed by atoms with Gasteiger partial charge in [-0.2, -0.15) is 0 Å². The molecule has 1 saturated heterocycles. The average molecular weight is 233 g/mol. The van der Waals surface area contributed by atoms with Crippen LogP contribution in [0.5, 0.6) is 0 Å². The molecule has 0 aromatic carbocycles. The summed E-state index contributed by atoms with van der Waals surface area (Å²) in [7, 11) is 0. The monoisotopic (exact) mass is 232 g/mol. The Kier molecular flexibility index (Phi) is 3.33. The zero-order valence-corrected chi connectivity index (χ0v) is 9.61. The summed E-state index contributed by atoms with van der Waals surface area (Å²) in [5.74, 6) is 0. The lowest BCUT2D eigenvalue weighted by molar-refractivity contribution is 0.164. The van der Waals surface area contributed by atoms with Gasteiger partial charge in [-0.05, 0) is 6.92 Å². The molecule has 78 valence electrons. The largest absolute Gasteiger partial charge is 0.314 e. The topological polar surface area (TPSA) is 41.0 Å². The van der Waals surface area contributed by atoms with Gasteiger partial charge in [-0.15, -0.1) is 5.10 Å². The van der Waals surface area contributed by atoms with Crippen molar-refractivity contribution >= 4 is 23.1 Å². The molecule has 0 radical (unpaired) electrons. The van der Waals surface area contributed by atoms with E-state index in [2.05, 4.69) is 26.7 Å². The van der Waals surface area contributed by atoms with Crippen LogP contribution in [0.2, 0.25) is 4.34 Å². The molecule has 4 nitrogen and oxygen atoms in total. The molecular weight excluding hydrogens is 220 g/mol. The smallest absolute Gasteiger partial charge is 0.138 e. The Balaban J connectivity index is 1.99. The molecule has 1 aliphatic heterocycles. The SMILES string of the molecule is C[C@H]1CNCCN1Cc1nnsc1Cl. The van der Waals surface area contributed by atoms with E-state index in [4.69, 9.17) is 11.6 Å². The summed E-state index contributed by atoms with van der Waals surface area (Å²) < 4.78 is 4.55. The molecule has 1 aliphatic rings. The van der Waals surface area contributed by atoms with Gasteiger partial charge in [-0.1, -0.05) is 16.1 Å². The summed E-state index contributed by atoms with van der Waals surface area (Å²) in [4.78, 5) is 2.37. The molecular formula is C8H13ClN4S. The number of rotatable bonds is 2. The second-order valence-electron chi connectivity index (χ2n) is 3.52. The maximum absolute atomic E-state index is 5.96. The molecule has 0 unspecified atom stereocenters. The summed E-state index contributed by atoms with van der Waals surface area (Å²) in [6.07, 6.45) is 0. The molecule has 2 rings (SSSR count). The van der Waals surface area contributed by atoms with Crippen molar-refractivity contribution in [3.8, 4) is 0 Å². The summed E-state index contributed by atoms with van der Waals surface area (Å²) >= 11 is 7.21. The molecule has 1 aromatic rings. The Labute approximate surface area is 92.4 Å². The van der Waals surface area contributed by atoms with Crippen molar-refractivity contribution in [2.45, 2.75) is 19.5 Å². The lowest BCUT2D eigenvalue weighted by atomic mass is 10.2. The minimum Gasteiger partial charge on any atom is -0.314 e. The normalized spacial score (nSPS) is 24.0. The number of hydrogen-bond acceptors (Lipinski definition) is 5. The second kappa shape index (κ2) is 4.53. The predicted molar refractivity (Wildman–Crippen MR) is 57.7 cm³/mol. The van der Waals surface area contributed by atoms with Gasteiger partial charge in [0.2, 0.25) is 0 Å². The van der Waals surface area contributed by atoms with E-state index in [0.717, 1.165) is 36.2 Å². The van der Waals surface area contributed by atoms with Gasteiger partial charge in [-0.3, -0.25) is 4.90 Å². The Hall–Kier alpha value is -0.230. The van der Waals surface area contributed by atoms with Gasteiger partial charge in [0.05, 0.1) is 0 Å². The van der Waals surface area contributed by atoms with Gasteiger partial charge in [0.15, 0.2) is 0 Å². The highest BCUT2D eigenvalue weighted by Gasteiger charge is 2.19. The number of nitrogens with zero attached hydrogens (tertiary/aromatic N) is 3. The van der Waals surface area contributed by atoms with Gasteiger partial charge in [0, 0.05) is 43.8 Å². The summed E-state index contributed by atoms with van der Waals surface area (Å²) in [6.45, 7) is 6.15. The van der Waals surface area contributed by atoms with Crippen LogP contribution < -0.4 is 5.32 Å². The van der Waals surface area contributed by atoms with Crippen molar-refractivity contribution in [1.82, 2.24) is 19.8 Å². The molecule has 1 N–H and O–H groups in total. The van der Waals surface area contributed by atoms with E-state index in [1.54, 1.807) is 0 Å². The molecule has 2 heterocycles. The van der Waals surface area contributed by atoms with Crippen LogP contribution in [0.15, 0.2) is 0 Å². The van der Waals surface area contributed by atoms with Crippen LogP contribution in [0.4, 0.5) is 0 Å². The van der Waals surface area contributed by atoms with Crippen molar-refractivity contribution in [3.63, 3.8) is 0 Å². The number of nitrogens with one attached hydrogen (secondary N) is 1. The third-order valence-corrected chi connectivity index (χ3v) is 3.49. The molecule has 6 heteroatoms. The van der Waals surface area contributed by atoms with Crippen molar-refractivity contribution in [2.24, 2.45) is 0 Å². The van der Waals surface area contributed by atoms with Gasteiger partial charge >= 0.3 is 0 Å². The molecule has 1 atom stereocenters. The second-order valence-corrected chi connectivity index (χ2v) is 4.87. The fourth-order valence-electron chi connectivity index (χ4n) is 1.60. The third kappa shape index (κ3) is 2.23. The van der Waals surface area contributed by atoms with Crippen LogP contribution in [0.1, 0.15) is 12.6 Å². The summed E-state index contributed by atoms with van der Waals surface area (Å²) in [5.41, 5.74) is 0.908. The van der Waals surface area contributed by atoms with E-state index in [1.165, 1.54) is 11.5 Å². The molecule has 14 heavy (non-hydrogen) atoms. The Morgan fingerprint density at radius 2 is 2.57 bits per heavy atom. The first-order chi connectivity index (χ1) is 6.77. The van der Waals surface area contributed by atoms with Crippen molar-refractivity contribution in [1.29, 1.82) is 0 Å². The number of aromatic nitrogens is 2. The van der Waals surface area contributed by atoms with Crippen molar-refractivity contribution < 1.29 is 0 Å². The molecule has 0 spiro atoms. The lowest BCUT2D eigenvalue weighted by Crippen LogP contribution is -2.49. The summed E-state index contributed by atoms with van der Waals surface area (Å²) in [5, 5.41) is 7.37. The Morgan fingerprint density at radius 3 is 3.21 bits per heavy atom. The highest BCUT2D eigenvalue weighted by atomic mass is 35.5. The highest BCUT2D eigenvalue weighted by molar-refractivity contribution is 7.10. The number of piperazine rings is 1. The Morgan fingerprint density at radius 1 is 1.71 bits per heavy atom.